The van der Waals surface area contributed by atoms with Crippen LogP contribution in [-0.4, -0.2) is 38.4 Å². The quantitative estimate of drug-likeness (QED) is 0.352. The van der Waals surface area contributed by atoms with Crippen LogP contribution in [0.3, 0.4) is 0 Å². The number of ether oxygens (including phenoxy) is 2. The van der Waals surface area contributed by atoms with E-state index in [-0.39, 0.29) is 0 Å². The van der Waals surface area contributed by atoms with Crippen molar-refractivity contribution in [1.29, 1.82) is 0 Å². The van der Waals surface area contributed by atoms with Crippen LogP contribution in [0.1, 0.15) is 43.8 Å². The smallest absolute Gasteiger partial charge is 0.192 e. The van der Waals surface area contributed by atoms with E-state index in [1.807, 2.05) is 42.6 Å². The zero-order valence-corrected chi connectivity index (χ0v) is 19.2. The lowest BCUT2D eigenvalue weighted by atomic mass is 9.95. The molecule has 0 bridgehead atoms. The average molecular weight is 450 g/mol. The van der Waals surface area contributed by atoms with Crippen LogP contribution in [-0.2, 0) is 5.75 Å². The molecule has 32 heavy (non-hydrogen) atoms. The van der Waals surface area contributed by atoms with Gasteiger partial charge in [0.1, 0.15) is 5.65 Å². The fraction of sp³-hybridized carbons (Fsp3) is 0.375. The van der Waals surface area contributed by atoms with Gasteiger partial charge in [0.2, 0.25) is 0 Å². The van der Waals surface area contributed by atoms with E-state index in [1.165, 1.54) is 19.3 Å². The van der Waals surface area contributed by atoms with Gasteiger partial charge < -0.3 is 13.9 Å². The first-order valence-electron chi connectivity index (χ1n) is 11.0. The molecule has 1 aliphatic carbocycles. The molecule has 0 aliphatic heterocycles. The fourth-order valence-corrected chi connectivity index (χ4v) is 5.30. The van der Waals surface area contributed by atoms with Gasteiger partial charge in [0, 0.05) is 29.8 Å². The lowest BCUT2D eigenvalue weighted by Crippen LogP contribution is -2.15. The first-order chi connectivity index (χ1) is 15.8. The number of rotatable bonds is 7. The van der Waals surface area contributed by atoms with Crippen molar-refractivity contribution < 1.29 is 9.47 Å². The molecule has 8 heteroatoms. The Bertz CT molecular complexity index is 1180. The number of hydrogen-bond donors (Lipinski definition) is 0. The SMILES string of the molecule is COc1ccc(-c2nnc(SCc3cn4ccccc4n3)n2C2CCCCC2)cc1OC. The number of benzene rings is 1. The highest BCUT2D eigenvalue weighted by Gasteiger charge is 2.24. The maximum atomic E-state index is 5.53. The fourth-order valence-electron chi connectivity index (χ4n) is 4.41. The number of hydrogen-bond acceptors (Lipinski definition) is 6. The number of imidazole rings is 1. The average Bonchev–Trinajstić information content (AvgIpc) is 3.46. The molecule has 3 aromatic heterocycles. The van der Waals surface area contributed by atoms with Gasteiger partial charge in [-0.2, -0.15) is 0 Å². The van der Waals surface area contributed by atoms with E-state index < -0.39 is 0 Å². The molecule has 166 valence electrons. The van der Waals surface area contributed by atoms with Gasteiger partial charge in [0.25, 0.3) is 0 Å². The summed E-state index contributed by atoms with van der Waals surface area (Å²) < 4.78 is 15.3. The molecule has 1 fully saturated rings. The van der Waals surface area contributed by atoms with Crippen LogP contribution in [0.25, 0.3) is 17.0 Å². The minimum Gasteiger partial charge on any atom is -0.493 e. The standard InChI is InChI=1S/C24H27N5O2S/c1-30-20-12-11-17(14-21(20)31-2)23-26-27-24(29(23)19-8-4-3-5-9-19)32-16-18-15-28-13-7-6-10-22(28)25-18/h6-7,10-15,19H,3-5,8-9,16H2,1-2H3. The summed E-state index contributed by atoms with van der Waals surface area (Å²) >= 11 is 1.70. The highest BCUT2D eigenvalue weighted by molar-refractivity contribution is 7.98. The van der Waals surface area contributed by atoms with Crippen LogP contribution in [0, 0.1) is 0 Å². The minimum absolute atomic E-state index is 0.408. The Kier molecular flexibility index (Phi) is 6.03. The van der Waals surface area contributed by atoms with E-state index in [0.717, 1.165) is 46.5 Å². The molecule has 5 rings (SSSR count). The second-order valence-corrected chi connectivity index (χ2v) is 8.97. The molecule has 4 aromatic rings. The van der Waals surface area contributed by atoms with Gasteiger partial charge in [-0.3, -0.25) is 4.57 Å². The topological polar surface area (TPSA) is 66.5 Å². The van der Waals surface area contributed by atoms with Crippen LogP contribution < -0.4 is 9.47 Å². The Morgan fingerprint density at radius 2 is 1.84 bits per heavy atom. The number of aromatic nitrogens is 5. The monoisotopic (exact) mass is 449 g/mol. The van der Waals surface area contributed by atoms with Gasteiger partial charge >= 0.3 is 0 Å². The van der Waals surface area contributed by atoms with Gasteiger partial charge in [-0.05, 0) is 43.2 Å². The predicted molar refractivity (Wildman–Crippen MR) is 125 cm³/mol. The molecule has 0 unspecified atom stereocenters. The molecule has 0 amide bonds. The second-order valence-electron chi connectivity index (χ2n) is 8.02. The molecule has 3 heterocycles. The van der Waals surface area contributed by atoms with Crippen molar-refractivity contribution in [2.75, 3.05) is 14.2 Å². The maximum Gasteiger partial charge on any atom is 0.192 e. The molecule has 1 saturated carbocycles. The predicted octanol–water partition coefficient (Wildman–Crippen LogP) is 5.41. The Balaban J connectivity index is 1.48. The first-order valence-corrected chi connectivity index (χ1v) is 12.0. The Labute approximate surface area is 191 Å². The van der Waals surface area contributed by atoms with Crippen LogP contribution in [0.2, 0.25) is 0 Å². The van der Waals surface area contributed by atoms with Crippen molar-refractivity contribution in [3.05, 3.63) is 54.5 Å². The summed E-state index contributed by atoms with van der Waals surface area (Å²) in [6.45, 7) is 0. The summed E-state index contributed by atoms with van der Waals surface area (Å²) in [4.78, 5) is 4.73. The number of nitrogens with zero attached hydrogens (tertiary/aromatic N) is 5. The molecule has 0 spiro atoms. The molecule has 7 nitrogen and oxygen atoms in total. The second kappa shape index (κ2) is 9.24. The van der Waals surface area contributed by atoms with Gasteiger partial charge in [-0.25, -0.2) is 4.98 Å². The summed E-state index contributed by atoms with van der Waals surface area (Å²) in [6, 6.07) is 12.4. The summed E-state index contributed by atoms with van der Waals surface area (Å²) in [5, 5.41) is 10.2. The highest BCUT2D eigenvalue weighted by atomic mass is 32.2. The lowest BCUT2D eigenvalue weighted by molar-refractivity contribution is 0.339. The molecular weight excluding hydrogens is 422 g/mol. The van der Waals surface area contributed by atoms with Gasteiger partial charge in [0.05, 0.1) is 19.9 Å². The Morgan fingerprint density at radius 3 is 2.62 bits per heavy atom. The van der Waals surface area contributed by atoms with Gasteiger partial charge in [-0.1, -0.05) is 37.1 Å². The highest BCUT2D eigenvalue weighted by Crippen LogP contribution is 2.38. The van der Waals surface area contributed by atoms with Crippen molar-refractivity contribution in [2.24, 2.45) is 0 Å². The molecule has 0 N–H and O–H groups in total. The summed E-state index contributed by atoms with van der Waals surface area (Å²) in [7, 11) is 3.31. The maximum absolute atomic E-state index is 5.53. The summed E-state index contributed by atoms with van der Waals surface area (Å²) in [5.41, 5.74) is 2.98. The van der Waals surface area contributed by atoms with Crippen LogP contribution in [0.5, 0.6) is 11.5 Å². The zero-order chi connectivity index (χ0) is 21.9. The number of fused-ring (bicyclic) bond motifs is 1. The normalized spacial score (nSPS) is 14.7. The van der Waals surface area contributed by atoms with E-state index in [9.17, 15) is 0 Å². The lowest BCUT2D eigenvalue weighted by Gasteiger charge is -2.25. The first kappa shape index (κ1) is 20.9. The van der Waals surface area contributed by atoms with Gasteiger partial charge in [0.15, 0.2) is 22.5 Å². The number of thioether (sulfide) groups is 1. The molecule has 0 radical (unpaired) electrons. The van der Waals surface area contributed by atoms with Crippen LogP contribution >= 0.6 is 11.8 Å². The third-order valence-electron chi connectivity index (χ3n) is 6.01. The zero-order valence-electron chi connectivity index (χ0n) is 18.4. The van der Waals surface area contributed by atoms with Crippen LogP contribution in [0.4, 0.5) is 0 Å². The molecule has 0 atom stereocenters. The molecule has 0 saturated heterocycles. The third kappa shape index (κ3) is 4.07. The Hall–Kier alpha value is -3.00. The summed E-state index contributed by atoms with van der Waals surface area (Å²) in [5.74, 6) is 3.04. The van der Waals surface area contributed by atoms with E-state index in [0.29, 0.717) is 17.5 Å². The van der Waals surface area contributed by atoms with E-state index in [2.05, 4.69) is 25.4 Å². The van der Waals surface area contributed by atoms with Crippen molar-refractivity contribution in [3.63, 3.8) is 0 Å². The van der Waals surface area contributed by atoms with Crippen molar-refractivity contribution >= 4 is 17.4 Å². The molecule has 1 aliphatic rings. The number of pyridine rings is 1. The minimum atomic E-state index is 0.408. The van der Waals surface area contributed by atoms with Gasteiger partial charge in [-0.15, -0.1) is 10.2 Å². The van der Waals surface area contributed by atoms with Crippen molar-refractivity contribution in [1.82, 2.24) is 24.1 Å². The third-order valence-corrected chi connectivity index (χ3v) is 6.99. The van der Waals surface area contributed by atoms with E-state index in [1.54, 1.807) is 26.0 Å². The van der Waals surface area contributed by atoms with E-state index in [4.69, 9.17) is 14.5 Å². The van der Waals surface area contributed by atoms with Crippen molar-refractivity contribution in [3.8, 4) is 22.9 Å². The Morgan fingerprint density at radius 1 is 1.00 bits per heavy atom. The summed E-state index contributed by atoms with van der Waals surface area (Å²) in [6.07, 6.45) is 10.2. The number of methoxy groups -OCH3 is 2. The van der Waals surface area contributed by atoms with Crippen LogP contribution in [0.15, 0.2) is 53.9 Å². The van der Waals surface area contributed by atoms with Crippen molar-refractivity contribution in [2.45, 2.75) is 49.1 Å². The van der Waals surface area contributed by atoms with E-state index >= 15 is 0 Å². The molecular formula is C24H27N5O2S. The largest absolute Gasteiger partial charge is 0.493 e. The molecule has 1 aromatic carbocycles.